The van der Waals surface area contributed by atoms with E-state index in [2.05, 4.69) is 0 Å². The first kappa shape index (κ1) is 6.98. The van der Waals surface area contributed by atoms with Gasteiger partial charge in [-0.3, -0.25) is 0 Å². The van der Waals surface area contributed by atoms with E-state index in [1.54, 1.807) is 18.4 Å². The highest BCUT2D eigenvalue weighted by atomic mass is 16.5. The second-order valence-electron chi connectivity index (χ2n) is 2.49. The number of hydrogen-bond donors (Lipinski definition) is 1. The maximum atomic E-state index is 9.47. The van der Waals surface area contributed by atoms with Crippen LogP contribution in [-0.2, 0) is 0 Å². The molecule has 60 valence electrons. The van der Waals surface area contributed by atoms with E-state index < -0.39 is 0 Å². The van der Waals surface area contributed by atoms with Crippen LogP contribution in [0.5, 0.6) is 5.75 Å². The third kappa shape index (κ3) is 1.07. The highest BCUT2D eigenvalue weighted by molar-refractivity contribution is 5.66. The van der Waals surface area contributed by atoms with E-state index in [1.165, 1.54) is 0 Å². The van der Waals surface area contributed by atoms with Crippen molar-refractivity contribution in [2.75, 3.05) is 0 Å². The van der Waals surface area contributed by atoms with Crippen LogP contribution in [-0.4, -0.2) is 5.11 Å². The maximum absolute atomic E-state index is 9.47. The minimum atomic E-state index is 0.236. The molecule has 0 aromatic heterocycles. The highest BCUT2D eigenvalue weighted by Gasteiger charge is 2.06. The lowest BCUT2D eigenvalue weighted by Gasteiger charge is -2.03. The van der Waals surface area contributed by atoms with Gasteiger partial charge in [0.25, 0.3) is 0 Å². The van der Waals surface area contributed by atoms with Gasteiger partial charge in [0.2, 0.25) is 0 Å². The Hall–Kier alpha value is -1.70. The molecule has 12 heavy (non-hydrogen) atoms. The summed E-state index contributed by atoms with van der Waals surface area (Å²) < 4.78 is 5.23. The van der Waals surface area contributed by atoms with Crippen LogP contribution >= 0.6 is 0 Å². The number of hydrogen-bond acceptors (Lipinski definition) is 2. The molecule has 0 bridgehead atoms. The fraction of sp³-hybridized carbons (Fsp3) is 0. The van der Waals surface area contributed by atoms with Crippen molar-refractivity contribution >= 4 is 5.76 Å². The van der Waals surface area contributed by atoms with E-state index in [9.17, 15) is 5.11 Å². The number of aliphatic hydroxyl groups excluding tert-OH is 1. The molecule has 0 fully saturated rings. The Labute approximate surface area is 70.4 Å². The lowest BCUT2D eigenvalue weighted by molar-refractivity contribution is 0.471. The predicted octanol–water partition coefficient (Wildman–Crippen LogP) is 2.49. The van der Waals surface area contributed by atoms with Crippen LogP contribution in [0.25, 0.3) is 5.76 Å². The summed E-state index contributed by atoms with van der Waals surface area (Å²) in [5.74, 6) is 0.916. The van der Waals surface area contributed by atoms with Crippen LogP contribution in [0.3, 0.4) is 0 Å². The Morgan fingerprint density at radius 2 is 2.00 bits per heavy atom. The molecule has 0 amide bonds. The zero-order chi connectivity index (χ0) is 8.39. The molecule has 0 saturated carbocycles. The topological polar surface area (TPSA) is 29.5 Å². The molecular formula is C10H8O2. The monoisotopic (exact) mass is 160 g/mol. The smallest absolute Gasteiger partial charge is 0.137 e. The third-order valence-corrected chi connectivity index (χ3v) is 1.69. The van der Waals surface area contributed by atoms with Gasteiger partial charge >= 0.3 is 0 Å². The molecule has 0 spiro atoms. The van der Waals surface area contributed by atoms with Crippen LogP contribution in [0, 0.1) is 0 Å². The second-order valence-corrected chi connectivity index (χ2v) is 2.49. The van der Waals surface area contributed by atoms with Gasteiger partial charge in [0.05, 0.1) is 11.8 Å². The van der Waals surface area contributed by atoms with Gasteiger partial charge < -0.3 is 9.84 Å². The number of fused-ring (bicyclic) bond motifs is 1. The van der Waals surface area contributed by atoms with E-state index in [1.807, 2.05) is 24.3 Å². The average Bonchev–Trinajstić information content (AvgIpc) is 2.29. The van der Waals surface area contributed by atoms with Crippen LogP contribution in [0.4, 0.5) is 0 Å². The third-order valence-electron chi connectivity index (χ3n) is 1.69. The van der Waals surface area contributed by atoms with Crippen LogP contribution < -0.4 is 4.74 Å². The van der Waals surface area contributed by atoms with Crippen molar-refractivity contribution in [3.8, 4) is 5.75 Å². The average molecular weight is 160 g/mol. The predicted molar refractivity (Wildman–Crippen MR) is 46.8 cm³/mol. The van der Waals surface area contributed by atoms with E-state index in [4.69, 9.17) is 4.74 Å². The van der Waals surface area contributed by atoms with E-state index >= 15 is 0 Å². The molecule has 1 aliphatic heterocycles. The van der Waals surface area contributed by atoms with Crippen molar-refractivity contribution in [1.29, 1.82) is 0 Å². The molecule has 1 heterocycles. The minimum Gasteiger partial charge on any atom is -0.507 e. The Bertz CT molecular complexity index is 351. The van der Waals surface area contributed by atoms with Gasteiger partial charge in [-0.05, 0) is 24.3 Å². The summed E-state index contributed by atoms with van der Waals surface area (Å²) in [5, 5.41) is 9.47. The first-order valence-corrected chi connectivity index (χ1v) is 3.70. The number of rotatable bonds is 0. The first-order chi connectivity index (χ1) is 5.88. The minimum absolute atomic E-state index is 0.236. The summed E-state index contributed by atoms with van der Waals surface area (Å²) in [6.07, 6.45) is 4.81. The summed E-state index contributed by atoms with van der Waals surface area (Å²) in [5.41, 5.74) is 0.725. The van der Waals surface area contributed by atoms with Crippen molar-refractivity contribution in [3.05, 3.63) is 48.2 Å². The maximum Gasteiger partial charge on any atom is 0.137 e. The molecule has 0 aliphatic carbocycles. The lowest BCUT2D eigenvalue weighted by atomic mass is 10.1. The molecule has 2 nitrogen and oxygen atoms in total. The molecule has 0 radical (unpaired) electrons. The number of aliphatic hydroxyl groups is 1. The van der Waals surface area contributed by atoms with Crippen molar-refractivity contribution < 1.29 is 9.84 Å². The van der Waals surface area contributed by atoms with Gasteiger partial charge in [-0.2, -0.15) is 0 Å². The molecular weight excluding hydrogens is 152 g/mol. The molecule has 0 saturated heterocycles. The van der Waals surface area contributed by atoms with Gasteiger partial charge in [0, 0.05) is 0 Å². The van der Waals surface area contributed by atoms with Gasteiger partial charge in [-0.25, -0.2) is 0 Å². The molecule has 2 heteroatoms. The quantitative estimate of drug-likeness (QED) is 0.631. The first-order valence-electron chi connectivity index (χ1n) is 3.70. The highest BCUT2D eigenvalue weighted by Crippen LogP contribution is 2.25. The second kappa shape index (κ2) is 2.74. The number of para-hydroxylation sites is 1. The summed E-state index contributed by atoms with van der Waals surface area (Å²) in [6.45, 7) is 0. The van der Waals surface area contributed by atoms with Crippen molar-refractivity contribution in [2.45, 2.75) is 0 Å². The van der Waals surface area contributed by atoms with E-state index in [0.717, 1.165) is 5.56 Å². The standard InChI is InChI=1S/C10H8O2/c11-9-5-3-7-12-10-6-2-1-4-8(9)10/h1-7,11H. The summed E-state index contributed by atoms with van der Waals surface area (Å²) >= 11 is 0. The van der Waals surface area contributed by atoms with Crippen LogP contribution in [0.1, 0.15) is 5.56 Å². The molecule has 0 atom stereocenters. The van der Waals surface area contributed by atoms with E-state index in [0.29, 0.717) is 5.75 Å². The zero-order valence-corrected chi connectivity index (χ0v) is 6.40. The summed E-state index contributed by atoms with van der Waals surface area (Å²) in [4.78, 5) is 0. The number of allylic oxidation sites excluding steroid dienone is 2. The SMILES string of the molecule is OC1=CC=COc2ccccc21. The van der Waals surface area contributed by atoms with Gasteiger partial charge in [-0.15, -0.1) is 0 Å². The molecule has 2 rings (SSSR count). The molecule has 1 aromatic carbocycles. The Morgan fingerprint density at radius 3 is 2.92 bits per heavy atom. The molecule has 1 N–H and O–H groups in total. The Morgan fingerprint density at radius 1 is 1.17 bits per heavy atom. The number of ether oxygens (including phenoxy) is 1. The number of benzene rings is 1. The lowest BCUT2D eigenvalue weighted by Crippen LogP contribution is -1.86. The summed E-state index contributed by atoms with van der Waals surface area (Å²) in [6, 6.07) is 7.35. The molecule has 1 aromatic rings. The molecule has 1 aliphatic rings. The fourth-order valence-corrected chi connectivity index (χ4v) is 1.11. The van der Waals surface area contributed by atoms with Crippen LogP contribution in [0.2, 0.25) is 0 Å². The largest absolute Gasteiger partial charge is 0.507 e. The van der Waals surface area contributed by atoms with Gasteiger partial charge in [0.15, 0.2) is 0 Å². The summed E-state index contributed by atoms with van der Waals surface area (Å²) in [7, 11) is 0. The normalized spacial score (nSPS) is 14.2. The van der Waals surface area contributed by atoms with Crippen molar-refractivity contribution in [2.24, 2.45) is 0 Å². The fourth-order valence-electron chi connectivity index (χ4n) is 1.11. The van der Waals surface area contributed by atoms with Gasteiger partial charge in [0.1, 0.15) is 11.5 Å². The zero-order valence-electron chi connectivity index (χ0n) is 6.40. The van der Waals surface area contributed by atoms with E-state index in [-0.39, 0.29) is 5.76 Å². The van der Waals surface area contributed by atoms with Crippen LogP contribution in [0.15, 0.2) is 42.7 Å². The van der Waals surface area contributed by atoms with Crippen molar-refractivity contribution in [3.63, 3.8) is 0 Å². The van der Waals surface area contributed by atoms with Gasteiger partial charge in [-0.1, -0.05) is 12.1 Å². The molecule has 0 unspecified atom stereocenters. The Kier molecular flexibility index (Phi) is 1.59. The Balaban J connectivity index is 2.58. The van der Waals surface area contributed by atoms with Crippen molar-refractivity contribution in [1.82, 2.24) is 0 Å².